The van der Waals surface area contributed by atoms with Crippen molar-refractivity contribution in [2.45, 2.75) is 31.8 Å². The van der Waals surface area contributed by atoms with Crippen LogP contribution in [0.2, 0.25) is 0 Å². The van der Waals surface area contributed by atoms with E-state index in [1.807, 2.05) is 7.05 Å². The third-order valence-corrected chi connectivity index (χ3v) is 5.25. The van der Waals surface area contributed by atoms with Gasteiger partial charge < -0.3 is 20.3 Å². The highest BCUT2D eigenvalue weighted by Crippen LogP contribution is 2.15. The summed E-state index contributed by atoms with van der Waals surface area (Å²) in [5.41, 5.74) is 1.27. The zero-order valence-corrected chi connectivity index (χ0v) is 16.6. The average Bonchev–Trinajstić information content (AvgIpc) is 2.72. The van der Waals surface area contributed by atoms with E-state index in [2.05, 4.69) is 63.0 Å². The van der Waals surface area contributed by atoms with Crippen molar-refractivity contribution < 1.29 is 4.74 Å². The van der Waals surface area contributed by atoms with Crippen molar-refractivity contribution in [3.8, 4) is 0 Å². The van der Waals surface area contributed by atoms with E-state index in [0.29, 0.717) is 6.04 Å². The molecule has 0 bridgehead atoms. The molecular weight excluding hydrogens is 336 g/mol. The van der Waals surface area contributed by atoms with Gasteiger partial charge in [-0.1, -0.05) is 36.4 Å². The zero-order valence-electron chi connectivity index (χ0n) is 16.6. The van der Waals surface area contributed by atoms with Gasteiger partial charge in [0.15, 0.2) is 5.96 Å². The Bertz CT molecular complexity index is 738. The molecule has 2 aromatic carbocycles. The molecular formula is C22H32N4O. The lowest BCUT2D eigenvalue weighted by molar-refractivity contribution is 0.155. The average molecular weight is 369 g/mol. The summed E-state index contributed by atoms with van der Waals surface area (Å²) in [5.74, 6) is 0.890. The minimum atomic E-state index is 0.492. The van der Waals surface area contributed by atoms with Crippen molar-refractivity contribution in [2.75, 3.05) is 40.4 Å². The van der Waals surface area contributed by atoms with Crippen LogP contribution in [0.5, 0.6) is 0 Å². The van der Waals surface area contributed by atoms with Gasteiger partial charge in [-0.3, -0.25) is 4.99 Å². The van der Waals surface area contributed by atoms with E-state index in [0.717, 1.165) is 58.0 Å². The number of ether oxygens (including phenoxy) is 1. The number of nitrogens with zero attached hydrogens (tertiary/aromatic N) is 2. The summed E-state index contributed by atoms with van der Waals surface area (Å²) in [5, 5.41) is 9.60. The van der Waals surface area contributed by atoms with Crippen LogP contribution in [0, 0.1) is 0 Å². The van der Waals surface area contributed by atoms with Gasteiger partial charge in [0, 0.05) is 53.0 Å². The molecule has 0 aliphatic carbocycles. The third kappa shape index (κ3) is 5.94. The SMILES string of the molecule is CN=C(NCc1ccc2ccccc2c1)NC1CCN(CCCOC)CC1. The fourth-order valence-electron chi connectivity index (χ4n) is 3.66. The maximum atomic E-state index is 5.15. The standard InChI is InChI=1S/C22H32N4O/c1-23-22(25-21-10-13-26(14-11-21)12-5-15-27-2)24-17-18-8-9-19-6-3-4-7-20(19)16-18/h3-4,6-9,16,21H,5,10-15,17H2,1-2H3,(H2,23,24,25). The maximum Gasteiger partial charge on any atom is 0.191 e. The summed E-state index contributed by atoms with van der Waals surface area (Å²) < 4.78 is 5.15. The van der Waals surface area contributed by atoms with Crippen molar-refractivity contribution in [1.29, 1.82) is 0 Å². The Balaban J connectivity index is 1.44. The quantitative estimate of drug-likeness (QED) is 0.448. The molecule has 5 heteroatoms. The van der Waals surface area contributed by atoms with Gasteiger partial charge in [0.25, 0.3) is 0 Å². The number of piperidine rings is 1. The Morgan fingerprint density at radius 3 is 2.67 bits per heavy atom. The van der Waals surface area contributed by atoms with Gasteiger partial charge >= 0.3 is 0 Å². The van der Waals surface area contributed by atoms with Gasteiger partial charge in [0.2, 0.25) is 0 Å². The number of likely N-dealkylation sites (tertiary alicyclic amines) is 1. The molecule has 0 unspecified atom stereocenters. The molecule has 1 aliphatic heterocycles. The maximum absolute atomic E-state index is 5.15. The minimum absolute atomic E-state index is 0.492. The van der Waals surface area contributed by atoms with Gasteiger partial charge in [-0.2, -0.15) is 0 Å². The molecule has 1 saturated heterocycles. The van der Waals surface area contributed by atoms with E-state index in [-0.39, 0.29) is 0 Å². The second-order valence-electron chi connectivity index (χ2n) is 7.21. The monoisotopic (exact) mass is 368 g/mol. The first-order chi connectivity index (χ1) is 13.3. The second-order valence-corrected chi connectivity index (χ2v) is 7.21. The lowest BCUT2D eigenvalue weighted by Gasteiger charge is -2.33. The Morgan fingerprint density at radius 2 is 1.93 bits per heavy atom. The summed E-state index contributed by atoms with van der Waals surface area (Å²) in [6.07, 6.45) is 3.43. The van der Waals surface area contributed by atoms with Gasteiger partial charge in [0.1, 0.15) is 0 Å². The number of rotatable bonds is 7. The molecule has 5 nitrogen and oxygen atoms in total. The molecule has 3 rings (SSSR count). The molecule has 0 atom stereocenters. The van der Waals surface area contributed by atoms with Crippen LogP contribution in [0.1, 0.15) is 24.8 Å². The van der Waals surface area contributed by atoms with E-state index < -0.39 is 0 Å². The predicted molar refractivity (Wildman–Crippen MR) is 113 cm³/mol. The Labute approximate surface area is 162 Å². The number of fused-ring (bicyclic) bond motifs is 1. The van der Waals surface area contributed by atoms with E-state index in [4.69, 9.17) is 4.74 Å². The summed E-state index contributed by atoms with van der Waals surface area (Å²) in [6, 6.07) is 15.6. The topological polar surface area (TPSA) is 48.9 Å². The van der Waals surface area contributed by atoms with Crippen LogP contribution in [0.4, 0.5) is 0 Å². The predicted octanol–water partition coefficient (Wildman–Crippen LogP) is 3.01. The zero-order chi connectivity index (χ0) is 18.9. The molecule has 2 N–H and O–H groups in total. The van der Waals surface area contributed by atoms with E-state index in [1.165, 1.54) is 16.3 Å². The summed E-state index contributed by atoms with van der Waals surface area (Å²) >= 11 is 0. The Kier molecular flexibility index (Phi) is 7.48. The molecule has 27 heavy (non-hydrogen) atoms. The number of hydrogen-bond donors (Lipinski definition) is 2. The van der Waals surface area contributed by atoms with E-state index >= 15 is 0 Å². The smallest absolute Gasteiger partial charge is 0.191 e. The molecule has 1 heterocycles. The van der Waals surface area contributed by atoms with Gasteiger partial charge in [0.05, 0.1) is 0 Å². The van der Waals surface area contributed by atoms with Gasteiger partial charge in [-0.15, -0.1) is 0 Å². The fourth-order valence-corrected chi connectivity index (χ4v) is 3.66. The van der Waals surface area contributed by atoms with Crippen molar-refractivity contribution in [3.05, 3.63) is 48.0 Å². The van der Waals surface area contributed by atoms with Crippen LogP contribution in [-0.4, -0.2) is 57.3 Å². The van der Waals surface area contributed by atoms with Crippen LogP contribution in [0.3, 0.4) is 0 Å². The third-order valence-electron chi connectivity index (χ3n) is 5.25. The number of guanidine groups is 1. The first kappa shape index (κ1) is 19.6. The molecule has 2 aromatic rings. The molecule has 0 amide bonds. The van der Waals surface area contributed by atoms with Crippen molar-refractivity contribution >= 4 is 16.7 Å². The second kappa shape index (κ2) is 10.3. The molecule has 1 aliphatic rings. The summed E-state index contributed by atoms with van der Waals surface area (Å²) in [6.45, 7) is 5.05. The first-order valence-electron chi connectivity index (χ1n) is 9.94. The van der Waals surface area contributed by atoms with Gasteiger partial charge in [-0.25, -0.2) is 0 Å². The van der Waals surface area contributed by atoms with E-state index in [1.54, 1.807) is 7.11 Å². The van der Waals surface area contributed by atoms with Gasteiger partial charge in [-0.05, 0) is 41.7 Å². The number of benzene rings is 2. The first-order valence-corrected chi connectivity index (χ1v) is 9.94. The number of methoxy groups -OCH3 is 1. The fraction of sp³-hybridized carbons (Fsp3) is 0.500. The van der Waals surface area contributed by atoms with Crippen LogP contribution < -0.4 is 10.6 Å². The van der Waals surface area contributed by atoms with E-state index in [9.17, 15) is 0 Å². The highest BCUT2D eigenvalue weighted by molar-refractivity contribution is 5.83. The largest absolute Gasteiger partial charge is 0.385 e. The van der Waals surface area contributed by atoms with Crippen LogP contribution >= 0.6 is 0 Å². The molecule has 146 valence electrons. The molecule has 0 spiro atoms. The highest BCUT2D eigenvalue weighted by Gasteiger charge is 2.19. The minimum Gasteiger partial charge on any atom is -0.385 e. The Hall–Kier alpha value is -2.11. The number of aliphatic imine (C=N–C) groups is 1. The molecule has 1 fully saturated rings. The van der Waals surface area contributed by atoms with Crippen molar-refractivity contribution in [2.24, 2.45) is 4.99 Å². The molecule has 0 saturated carbocycles. The lowest BCUT2D eigenvalue weighted by Crippen LogP contribution is -2.48. The van der Waals surface area contributed by atoms with Crippen LogP contribution in [0.15, 0.2) is 47.5 Å². The van der Waals surface area contributed by atoms with Crippen molar-refractivity contribution in [1.82, 2.24) is 15.5 Å². The number of nitrogens with one attached hydrogen (secondary N) is 2. The Morgan fingerprint density at radius 1 is 1.15 bits per heavy atom. The normalized spacial score (nSPS) is 16.6. The molecule has 0 aromatic heterocycles. The highest BCUT2D eigenvalue weighted by atomic mass is 16.5. The lowest BCUT2D eigenvalue weighted by atomic mass is 10.1. The van der Waals surface area contributed by atoms with Crippen LogP contribution in [0.25, 0.3) is 10.8 Å². The molecule has 0 radical (unpaired) electrons. The summed E-state index contributed by atoms with van der Waals surface area (Å²) in [7, 11) is 3.61. The summed E-state index contributed by atoms with van der Waals surface area (Å²) in [4.78, 5) is 6.93. The van der Waals surface area contributed by atoms with Crippen LogP contribution in [-0.2, 0) is 11.3 Å². The van der Waals surface area contributed by atoms with Crippen molar-refractivity contribution in [3.63, 3.8) is 0 Å². The number of hydrogen-bond acceptors (Lipinski definition) is 3.